The van der Waals surface area contributed by atoms with Crippen molar-refractivity contribution < 1.29 is 9.90 Å². The van der Waals surface area contributed by atoms with Crippen molar-refractivity contribution in [1.82, 2.24) is 0 Å². The summed E-state index contributed by atoms with van der Waals surface area (Å²) in [5.74, 6) is -0.845. The molecule has 0 spiro atoms. The second-order valence-corrected chi connectivity index (χ2v) is 2.32. The van der Waals surface area contributed by atoms with Crippen LogP contribution in [-0.4, -0.2) is 62.5 Å². The van der Waals surface area contributed by atoms with Crippen molar-refractivity contribution in [3.8, 4) is 0 Å². The van der Waals surface area contributed by atoms with E-state index in [2.05, 4.69) is 0 Å². The molecule has 0 fully saturated rings. The summed E-state index contributed by atoms with van der Waals surface area (Å²) in [6.07, 6.45) is 0.766. The number of carboxylic acids is 1. The minimum atomic E-state index is -0.845. The van der Waals surface area contributed by atoms with Gasteiger partial charge in [-0.2, -0.15) is 0 Å². The van der Waals surface area contributed by atoms with E-state index in [1.807, 2.05) is 19.1 Å². The first kappa shape index (κ1) is 12.3. The Labute approximate surface area is 114 Å². The van der Waals surface area contributed by atoms with Crippen LogP contribution in [-0.2, 0) is 6.42 Å². The molecule has 1 aromatic carbocycles. The molecule has 3 heteroatoms. The van der Waals surface area contributed by atoms with E-state index in [9.17, 15) is 4.79 Å². The molecular formula is C9H11KO2. The van der Waals surface area contributed by atoms with Gasteiger partial charge in [-0.1, -0.05) is 25.1 Å². The summed E-state index contributed by atoms with van der Waals surface area (Å²) >= 11 is 0. The second kappa shape index (κ2) is 5.88. The van der Waals surface area contributed by atoms with Gasteiger partial charge < -0.3 is 5.11 Å². The van der Waals surface area contributed by atoms with Crippen molar-refractivity contribution in [3.05, 3.63) is 35.4 Å². The standard InChI is InChI=1S/C9H10O2.K.H/c1-2-7-5-3-4-6-8(7)9(10)11;;/h3-6H,2H2,1H3,(H,10,11);;. The maximum absolute atomic E-state index is 10.6. The fourth-order valence-electron chi connectivity index (χ4n) is 1.04. The third-order valence-electron chi connectivity index (χ3n) is 1.63. The van der Waals surface area contributed by atoms with E-state index in [4.69, 9.17) is 5.11 Å². The van der Waals surface area contributed by atoms with Gasteiger partial charge in [0.15, 0.2) is 0 Å². The normalized spacial score (nSPS) is 8.75. The zero-order valence-electron chi connectivity index (χ0n) is 6.37. The average Bonchev–Trinajstić information content (AvgIpc) is 2.04. The number of carbonyl (C=O) groups is 1. The monoisotopic (exact) mass is 190 g/mol. The number of hydrogen-bond acceptors (Lipinski definition) is 1. The number of benzene rings is 1. The summed E-state index contributed by atoms with van der Waals surface area (Å²) in [5.41, 5.74) is 1.30. The molecule has 0 radical (unpaired) electrons. The Hall–Kier alpha value is 0.326. The van der Waals surface area contributed by atoms with Crippen LogP contribution in [0.3, 0.4) is 0 Å². The fourth-order valence-corrected chi connectivity index (χ4v) is 1.04. The number of rotatable bonds is 2. The van der Waals surface area contributed by atoms with Gasteiger partial charge >= 0.3 is 57.4 Å². The van der Waals surface area contributed by atoms with Gasteiger partial charge in [0.1, 0.15) is 0 Å². The van der Waals surface area contributed by atoms with Gasteiger partial charge in [-0.15, -0.1) is 0 Å². The molecule has 0 aromatic heterocycles. The number of aryl methyl sites for hydroxylation is 1. The van der Waals surface area contributed by atoms with E-state index in [1.165, 1.54) is 0 Å². The Balaban J connectivity index is 0.00000121. The summed E-state index contributed by atoms with van der Waals surface area (Å²) in [5, 5.41) is 8.70. The number of hydrogen-bond donors (Lipinski definition) is 1. The third kappa shape index (κ3) is 2.99. The predicted octanol–water partition coefficient (Wildman–Crippen LogP) is 1.30. The Kier molecular flexibility index (Phi) is 6.04. The van der Waals surface area contributed by atoms with Gasteiger partial charge in [0.2, 0.25) is 0 Å². The molecule has 1 rings (SSSR count). The Morgan fingerprint density at radius 3 is 2.42 bits per heavy atom. The zero-order chi connectivity index (χ0) is 8.27. The van der Waals surface area contributed by atoms with Crippen molar-refractivity contribution in [2.75, 3.05) is 0 Å². The van der Waals surface area contributed by atoms with Gasteiger partial charge in [-0.25, -0.2) is 4.79 Å². The summed E-state index contributed by atoms with van der Waals surface area (Å²) in [4.78, 5) is 10.6. The van der Waals surface area contributed by atoms with E-state index >= 15 is 0 Å². The molecule has 60 valence electrons. The van der Waals surface area contributed by atoms with Crippen LogP contribution in [0.1, 0.15) is 22.8 Å². The summed E-state index contributed by atoms with van der Waals surface area (Å²) in [6.45, 7) is 1.95. The molecule has 0 aliphatic heterocycles. The van der Waals surface area contributed by atoms with E-state index in [1.54, 1.807) is 12.1 Å². The van der Waals surface area contributed by atoms with Crippen LogP contribution in [0.2, 0.25) is 0 Å². The molecule has 0 amide bonds. The second-order valence-electron chi connectivity index (χ2n) is 2.32. The number of aromatic carboxylic acids is 1. The van der Waals surface area contributed by atoms with Crippen LogP contribution in [0.4, 0.5) is 0 Å². The van der Waals surface area contributed by atoms with Crippen molar-refractivity contribution in [2.24, 2.45) is 0 Å². The van der Waals surface area contributed by atoms with Crippen LogP contribution < -0.4 is 0 Å². The summed E-state index contributed by atoms with van der Waals surface area (Å²) in [7, 11) is 0. The van der Waals surface area contributed by atoms with Crippen LogP contribution in [0.5, 0.6) is 0 Å². The molecule has 0 saturated carbocycles. The molecule has 0 heterocycles. The molecule has 0 bridgehead atoms. The first-order chi connectivity index (χ1) is 5.25. The van der Waals surface area contributed by atoms with Crippen molar-refractivity contribution >= 4 is 57.4 Å². The topological polar surface area (TPSA) is 37.3 Å². The molecular weight excluding hydrogens is 179 g/mol. The quantitative estimate of drug-likeness (QED) is 0.714. The Morgan fingerprint density at radius 1 is 1.42 bits per heavy atom. The maximum atomic E-state index is 10.6. The Morgan fingerprint density at radius 2 is 2.00 bits per heavy atom. The van der Waals surface area contributed by atoms with E-state index in [0.29, 0.717) is 5.56 Å². The molecule has 1 N–H and O–H groups in total. The molecule has 0 atom stereocenters. The SMILES string of the molecule is CCc1ccccc1C(=O)O.[KH]. The summed E-state index contributed by atoms with van der Waals surface area (Å²) in [6, 6.07) is 7.05. The van der Waals surface area contributed by atoms with Crippen LogP contribution in [0, 0.1) is 0 Å². The molecule has 2 nitrogen and oxygen atoms in total. The van der Waals surface area contributed by atoms with E-state index in [0.717, 1.165) is 12.0 Å². The molecule has 12 heavy (non-hydrogen) atoms. The minimum absolute atomic E-state index is 0. The first-order valence-electron chi connectivity index (χ1n) is 3.57. The molecule has 1 aromatic rings. The van der Waals surface area contributed by atoms with Crippen LogP contribution >= 0.6 is 0 Å². The average molecular weight is 190 g/mol. The molecule has 0 aliphatic rings. The first-order valence-corrected chi connectivity index (χ1v) is 3.57. The van der Waals surface area contributed by atoms with E-state index in [-0.39, 0.29) is 51.4 Å². The van der Waals surface area contributed by atoms with Crippen LogP contribution in [0.15, 0.2) is 24.3 Å². The zero-order valence-corrected chi connectivity index (χ0v) is 6.37. The fraction of sp³-hybridized carbons (Fsp3) is 0.222. The predicted molar refractivity (Wildman–Crippen MR) is 49.9 cm³/mol. The van der Waals surface area contributed by atoms with Gasteiger partial charge in [-0.3, -0.25) is 0 Å². The van der Waals surface area contributed by atoms with Crippen molar-refractivity contribution in [1.29, 1.82) is 0 Å². The van der Waals surface area contributed by atoms with Gasteiger partial charge in [0.25, 0.3) is 0 Å². The van der Waals surface area contributed by atoms with Crippen LogP contribution in [0.25, 0.3) is 0 Å². The molecule has 0 saturated heterocycles. The van der Waals surface area contributed by atoms with E-state index < -0.39 is 5.97 Å². The summed E-state index contributed by atoms with van der Waals surface area (Å²) < 4.78 is 0. The molecule has 0 aliphatic carbocycles. The number of carboxylic acid groups (broad SMARTS) is 1. The Bertz CT molecular complexity index is 271. The van der Waals surface area contributed by atoms with Gasteiger partial charge in [0.05, 0.1) is 5.56 Å². The third-order valence-corrected chi connectivity index (χ3v) is 1.63. The molecule has 0 unspecified atom stereocenters. The van der Waals surface area contributed by atoms with Crippen molar-refractivity contribution in [3.63, 3.8) is 0 Å². The van der Waals surface area contributed by atoms with Crippen molar-refractivity contribution in [2.45, 2.75) is 13.3 Å². The van der Waals surface area contributed by atoms with Gasteiger partial charge in [-0.05, 0) is 18.1 Å². The van der Waals surface area contributed by atoms with Gasteiger partial charge in [0, 0.05) is 0 Å².